The highest BCUT2D eigenvalue weighted by Crippen LogP contribution is 2.38. The van der Waals surface area contributed by atoms with Gasteiger partial charge in [-0.25, -0.2) is 8.78 Å². The molecule has 1 saturated carbocycles. The summed E-state index contributed by atoms with van der Waals surface area (Å²) in [5, 5.41) is 16.4. The molecule has 3 unspecified atom stereocenters. The average Bonchev–Trinajstić information content (AvgIpc) is 2.94. The molecule has 1 aliphatic rings. The number of unbranched alkanes of at least 4 members (excludes halogenated alkanes) is 3. The molecule has 2 N–H and O–H groups in total. The van der Waals surface area contributed by atoms with Gasteiger partial charge in [-0.3, -0.25) is 4.79 Å². The normalized spacial score (nSPS) is 22.3. The van der Waals surface area contributed by atoms with E-state index in [0.717, 1.165) is 44.9 Å². The number of alkyl halides is 2. The van der Waals surface area contributed by atoms with Crippen molar-refractivity contribution < 1.29 is 28.5 Å². The van der Waals surface area contributed by atoms with Crippen molar-refractivity contribution in [2.24, 2.45) is 11.8 Å². The molecule has 1 rings (SSSR count). The van der Waals surface area contributed by atoms with Crippen LogP contribution < -0.4 is 0 Å². The number of aliphatic hydroxyl groups is 2. The Hall–Kier alpha value is -0.750. The molecule has 0 aromatic heterocycles. The van der Waals surface area contributed by atoms with Gasteiger partial charge in [0.2, 0.25) is 5.92 Å². The summed E-state index contributed by atoms with van der Waals surface area (Å²) in [7, 11) is 0. The molecule has 27 heavy (non-hydrogen) atoms. The molecule has 0 bridgehead atoms. The molecule has 0 aliphatic heterocycles. The number of ether oxygens (including phenoxy) is 1. The van der Waals surface area contributed by atoms with Crippen LogP contribution in [-0.4, -0.2) is 41.4 Å². The summed E-state index contributed by atoms with van der Waals surface area (Å²) in [4.78, 5) is 11.0. The Kier molecular flexibility index (Phi) is 14.8. The highest BCUT2D eigenvalue weighted by atomic mass is 19.3. The number of aliphatic hydroxyl groups excluding tert-OH is 2. The summed E-state index contributed by atoms with van der Waals surface area (Å²) in [5.41, 5.74) is 0. The van der Waals surface area contributed by atoms with E-state index in [0.29, 0.717) is 24.7 Å². The van der Waals surface area contributed by atoms with E-state index in [2.05, 4.69) is 6.92 Å². The highest BCUT2D eigenvalue weighted by molar-refractivity contribution is 5.66. The zero-order valence-electron chi connectivity index (χ0n) is 17.4. The molecular formula is C21H40F2O4. The van der Waals surface area contributed by atoms with Gasteiger partial charge in [-0.1, -0.05) is 20.3 Å². The zero-order valence-corrected chi connectivity index (χ0v) is 17.4. The van der Waals surface area contributed by atoms with Crippen LogP contribution in [0, 0.1) is 11.8 Å². The minimum absolute atomic E-state index is 0.00550. The lowest BCUT2D eigenvalue weighted by molar-refractivity contribution is -0.148. The van der Waals surface area contributed by atoms with Crippen LogP contribution in [0.25, 0.3) is 0 Å². The molecule has 4 nitrogen and oxygen atoms in total. The van der Waals surface area contributed by atoms with Gasteiger partial charge in [0.25, 0.3) is 0 Å². The molecule has 0 aromatic rings. The second kappa shape index (κ2) is 15.2. The van der Waals surface area contributed by atoms with Gasteiger partial charge in [0.05, 0.1) is 0 Å². The van der Waals surface area contributed by atoms with Crippen LogP contribution in [0.15, 0.2) is 0 Å². The van der Waals surface area contributed by atoms with E-state index in [9.17, 15) is 13.6 Å². The van der Waals surface area contributed by atoms with Gasteiger partial charge in [-0.05, 0) is 63.2 Å². The van der Waals surface area contributed by atoms with E-state index >= 15 is 0 Å². The molecule has 0 radical (unpaired) electrons. The molecule has 0 aromatic carbocycles. The summed E-state index contributed by atoms with van der Waals surface area (Å²) in [6.07, 6.45) is 7.23. The van der Waals surface area contributed by atoms with Crippen molar-refractivity contribution in [1.82, 2.24) is 0 Å². The van der Waals surface area contributed by atoms with Gasteiger partial charge >= 0.3 is 5.97 Å². The van der Waals surface area contributed by atoms with Gasteiger partial charge in [-0.15, -0.1) is 0 Å². The minimum atomic E-state index is -2.51. The number of rotatable bonds is 12. The van der Waals surface area contributed by atoms with Crippen molar-refractivity contribution in [3.8, 4) is 0 Å². The predicted molar refractivity (Wildman–Crippen MR) is 104 cm³/mol. The Morgan fingerprint density at radius 2 is 1.63 bits per heavy atom. The smallest absolute Gasteiger partial charge is 0.302 e. The Bertz CT molecular complexity index is 373. The molecule has 1 fully saturated rings. The lowest BCUT2D eigenvalue weighted by Gasteiger charge is -2.21. The second-order valence-corrected chi connectivity index (χ2v) is 7.70. The third-order valence-electron chi connectivity index (χ3n) is 5.30. The van der Waals surface area contributed by atoms with Gasteiger partial charge in [-0.2, -0.15) is 0 Å². The van der Waals surface area contributed by atoms with Gasteiger partial charge in [0.1, 0.15) is 6.10 Å². The lowest BCUT2D eigenvalue weighted by atomic mass is 9.90. The monoisotopic (exact) mass is 394 g/mol. The van der Waals surface area contributed by atoms with E-state index in [-0.39, 0.29) is 38.1 Å². The van der Waals surface area contributed by atoms with Crippen molar-refractivity contribution in [2.75, 3.05) is 13.2 Å². The summed E-state index contributed by atoms with van der Waals surface area (Å²) in [6, 6.07) is 0. The summed E-state index contributed by atoms with van der Waals surface area (Å²) in [6.45, 7) is 5.93. The van der Waals surface area contributed by atoms with Crippen LogP contribution >= 0.6 is 0 Å². The molecule has 1 aliphatic carbocycles. The van der Waals surface area contributed by atoms with Crippen molar-refractivity contribution >= 4 is 5.97 Å². The van der Waals surface area contributed by atoms with E-state index in [4.69, 9.17) is 14.9 Å². The van der Waals surface area contributed by atoms with Crippen LogP contribution in [0.4, 0.5) is 8.78 Å². The molecule has 6 heteroatoms. The van der Waals surface area contributed by atoms with E-state index in [1.165, 1.54) is 6.92 Å². The largest absolute Gasteiger partial charge is 0.462 e. The number of hydrogen-bond donors (Lipinski definition) is 2. The Labute approximate surface area is 163 Å². The van der Waals surface area contributed by atoms with Gasteiger partial charge in [0, 0.05) is 33.0 Å². The number of carbonyl (C=O) groups excluding carboxylic acids is 1. The zero-order chi connectivity index (χ0) is 20.7. The van der Waals surface area contributed by atoms with Crippen LogP contribution in [0.5, 0.6) is 0 Å². The average molecular weight is 395 g/mol. The summed E-state index contributed by atoms with van der Waals surface area (Å²) >= 11 is 0. The first kappa shape index (κ1) is 26.2. The summed E-state index contributed by atoms with van der Waals surface area (Å²) in [5.74, 6) is -2.04. The third kappa shape index (κ3) is 13.1. The molecule has 162 valence electrons. The third-order valence-corrected chi connectivity index (χ3v) is 5.30. The van der Waals surface area contributed by atoms with Crippen molar-refractivity contribution in [3.63, 3.8) is 0 Å². The maximum atomic E-state index is 13.6. The maximum absolute atomic E-state index is 13.6. The van der Waals surface area contributed by atoms with Crippen LogP contribution in [0.3, 0.4) is 0 Å². The standard InChI is InChI=1S/C16H28F2O2.C5H12O2/c1-4-5-10-16(17,18)11-6-7-14-8-9-15(12(14)2)20-13(3)19;6-4-2-1-3-5-7/h12,14-15H,4-11H2,1-3H3;6-7H,1-5H2. The van der Waals surface area contributed by atoms with Crippen LogP contribution in [0.1, 0.15) is 91.4 Å². The topological polar surface area (TPSA) is 66.8 Å². The number of hydrogen-bond acceptors (Lipinski definition) is 4. The van der Waals surface area contributed by atoms with Crippen molar-refractivity contribution in [2.45, 2.75) is 103 Å². The summed E-state index contributed by atoms with van der Waals surface area (Å²) < 4.78 is 32.4. The first-order valence-electron chi connectivity index (χ1n) is 10.5. The quantitative estimate of drug-likeness (QED) is 0.357. The number of halogens is 2. The fraction of sp³-hybridized carbons (Fsp3) is 0.952. The first-order valence-corrected chi connectivity index (χ1v) is 10.5. The van der Waals surface area contributed by atoms with Gasteiger partial charge < -0.3 is 14.9 Å². The van der Waals surface area contributed by atoms with Crippen LogP contribution in [0.2, 0.25) is 0 Å². The van der Waals surface area contributed by atoms with Crippen LogP contribution in [-0.2, 0) is 9.53 Å². The Balaban J connectivity index is 0.000000821. The molecule has 3 atom stereocenters. The van der Waals surface area contributed by atoms with Crippen molar-refractivity contribution in [1.29, 1.82) is 0 Å². The second-order valence-electron chi connectivity index (χ2n) is 7.70. The molecule has 0 spiro atoms. The SMILES string of the molecule is CCCCC(F)(F)CCCC1CCC(OC(C)=O)C1C.OCCCCCO. The number of carbonyl (C=O) groups is 1. The fourth-order valence-electron chi connectivity index (χ4n) is 3.58. The minimum Gasteiger partial charge on any atom is -0.462 e. The molecule has 0 amide bonds. The first-order chi connectivity index (χ1) is 12.8. The van der Waals surface area contributed by atoms with Gasteiger partial charge in [0.15, 0.2) is 0 Å². The lowest BCUT2D eigenvalue weighted by Crippen LogP contribution is -2.22. The molecule has 0 heterocycles. The fourth-order valence-corrected chi connectivity index (χ4v) is 3.58. The molecule has 0 saturated heterocycles. The van der Waals surface area contributed by atoms with E-state index in [1.807, 2.05) is 6.92 Å². The maximum Gasteiger partial charge on any atom is 0.302 e. The Morgan fingerprint density at radius 3 is 2.15 bits per heavy atom. The number of esters is 1. The molecular weight excluding hydrogens is 354 g/mol. The van der Waals surface area contributed by atoms with E-state index < -0.39 is 5.92 Å². The van der Waals surface area contributed by atoms with Crippen molar-refractivity contribution in [3.05, 3.63) is 0 Å². The predicted octanol–water partition coefficient (Wildman–Crippen LogP) is 5.10. The highest BCUT2D eigenvalue weighted by Gasteiger charge is 2.35. The Morgan fingerprint density at radius 1 is 1.04 bits per heavy atom. The van der Waals surface area contributed by atoms with E-state index in [1.54, 1.807) is 0 Å².